The van der Waals surface area contributed by atoms with E-state index in [1.54, 1.807) is 19.2 Å². The number of rotatable bonds is 5. The summed E-state index contributed by atoms with van der Waals surface area (Å²) in [6.07, 6.45) is -4.70. The number of hydrogen-bond acceptors (Lipinski definition) is 4. The Labute approximate surface area is 173 Å². The number of piperazine rings is 1. The van der Waals surface area contributed by atoms with Gasteiger partial charge in [-0.05, 0) is 34.7 Å². The first-order valence-corrected chi connectivity index (χ1v) is 9.82. The van der Waals surface area contributed by atoms with Gasteiger partial charge in [-0.15, -0.1) is 13.2 Å². The van der Waals surface area contributed by atoms with Gasteiger partial charge in [-0.2, -0.15) is 0 Å². The van der Waals surface area contributed by atoms with Crippen LogP contribution in [0.2, 0.25) is 0 Å². The Morgan fingerprint density at radius 1 is 0.900 bits per heavy atom. The fourth-order valence-corrected chi connectivity index (χ4v) is 4.09. The van der Waals surface area contributed by atoms with Crippen molar-refractivity contribution in [3.05, 3.63) is 71.8 Å². The number of hydrogen-bond donors (Lipinski definition) is 1. The van der Waals surface area contributed by atoms with Crippen LogP contribution < -0.4 is 14.8 Å². The largest absolute Gasteiger partial charge is 0.573 e. The van der Waals surface area contributed by atoms with Crippen LogP contribution in [0.4, 0.5) is 13.2 Å². The van der Waals surface area contributed by atoms with Gasteiger partial charge in [0.1, 0.15) is 11.5 Å². The van der Waals surface area contributed by atoms with E-state index >= 15 is 0 Å². The molecule has 1 atom stereocenters. The zero-order valence-electron chi connectivity index (χ0n) is 16.6. The predicted molar refractivity (Wildman–Crippen MR) is 110 cm³/mol. The molecule has 4 rings (SSSR count). The number of methoxy groups -OCH3 is 1. The second-order valence-electron chi connectivity index (χ2n) is 7.21. The first kappa shape index (κ1) is 20.5. The third-order valence-electron chi connectivity index (χ3n) is 5.38. The van der Waals surface area contributed by atoms with E-state index in [9.17, 15) is 13.2 Å². The summed E-state index contributed by atoms with van der Waals surface area (Å²) in [7, 11) is 1.65. The number of ether oxygens (including phenoxy) is 2. The van der Waals surface area contributed by atoms with Crippen LogP contribution in [0.15, 0.2) is 60.7 Å². The Kier molecular flexibility index (Phi) is 5.83. The monoisotopic (exact) mass is 416 g/mol. The first-order valence-electron chi connectivity index (χ1n) is 9.82. The molecule has 30 heavy (non-hydrogen) atoms. The Bertz CT molecular complexity index is 999. The number of benzene rings is 3. The van der Waals surface area contributed by atoms with Crippen LogP contribution in [0.5, 0.6) is 11.5 Å². The zero-order chi connectivity index (χ0) is 21.1. The Morgan fingerprint density at radius 3 is 2.20 bits per heavy atom. The average Bonchev–Trinajstić information content (AvgIpc) is 2.75. The minimum Gasteiger partial charge on any atom is -0.496 e. The fraction of sp³-hybridized carbons (Fsp3) is 0.304. The highest BCUT2D eigenvalue weighted by atomic mass is 19.4. The summed E-state index contributed by atoms with van der Waals surface area (Å²) in [4.78, 5) is 2.35. The molecule has 1 N–H and O–H groups in total. The highest BCUT2D eigenvalue weighted by Crippen LogP contribution is 2.38. The van der Waals surface area contributed by atoms with Crippen LogP contribution >= 0.6 is 0 Å². The molecule has 4 nitrogen and oxygen atoms in total. The number of nitrogens with zero attached hydrogens (tertiary/aromatic N) is 1. The second kappa shape index (κ2) is 8.53. The molecule has 1 aliphatic heterocycles. The summed E-state index contributed by atoms with van der Waals surface area (Å²) in [6, 6.07) is 18.1. The van der Waals surface area contributed by atoms with Crippen molar-refractivity contribution in [3.8, 4) is 11.5 Å². The molecule has 0 radical (unpaired) electrons. The van der Waals surface area contributed by atoms with E-state index in [1.165, 1.54) is 12.1 Å². The summed E-state index contributed by atoms with van der Waals surface area (Å²) in [5.41, 5.74) is 2.01. The van der Waals surface area contributed by atoms with Crippen LogP contribution in [0.25, 0.3) is 10.8 Å². The predicted octanol–water partition coefficient (Wildman–Crippen LogP) is 4.74. The summed E-state index contributed by atoms with van der Waals surface area (Å²) < 4.78 is 47.2. The van der Waals surface area contributed by atoms with E-state index in [-0.39, 0.29) is 11.8 Å². The third kappa shape index (κ3) is 4.37. The molecule has 0 aromatic heterocycles. The van der Waals surface area contributed by atoms with Crippen molar-refractivity contribution < 1.29 is 22.6 Å². The molecule has 0 aliphatic carbocycles. The van der Waals surface area contributed by atoms with E-state index < -0.39 is 6.36 Å². The molecule has 7 heteroatoms. The normalized spacial score (nSPS) is 16.4. The lowest BCUT2D eigenvalue weighted by molar-refractivity contribution is -0.274. The van der Waals surface area contributed by atoms with Crippen molar-refractivity contribution in [2.24, 2.45) is 0 Å². The second-order valence-corrected chi connectivity index (χ2v) is 7.21. The molecule has 3 aromatic rings. The van der Waals surface area contributed by atoms with E-state index in [2.05, 4.69) is 21.0 Å². The molecule has 1 aliphatic rings. The van der Waals surface area contributed by atoms with E-state index in [0.717, 1.165) is 53.8 Å². The lowest BCUT2D eigenvalue weighted by atomic mass is 9.91. The standard InChI is InChI=1S/C23H23F3N2O2/c1-29-21-11-10-20(18-4-2-3-5-19(18)21)22(28-14-12-27-13-15-28)16-6-8-17(9-7-16)30-23(24,25)26/h2-11,22,27H,12-15H2,1H3/t22-/m0/s1. The topological polar surface area (TPSA) is 33.7 Å². The molecule has 0 spiro atoms. The van der Waals surface area contributed by atoms with Crippen LogP contribution in [-0.4, -0.2) is 44.6 Å². The minimum atomic E-state index is -4.70. The van der Waals surface area contributed by atoms with Crippen molar-refractivity contribution in [1.82, 2.24) is 10.2 Å². The van der Waals surface area contributed by atoms with Crippen LogP contribution in [0, 0.1) is 0 Å². The maximum atomic E-state index is 12.6. The smallest absolute Gasteiger partial charge is 0.496 e. The summed E-state index contributed by atoms with van der Waals surface area (Å²) in [5, 5.41) is 5.43. The molecule has 1 heterocycles. The van der Waals surface area contributed by atoms with Gasteiger partial charge in [0.05, 0.1) is 13.2 Å². The average molecular weight is 416 g/mol. The summed E-state index contributed by atoms with van der Waals surface area (Å²) >= 11 is 0. The van der Waals surface area contributed by atoms with Crippen LogP contribution in [0.3, 0.4) is 0 Å². The van der Waals surface area contributed by atoms with Crippen molar-refractivity contribution in [1.29, 1.82) is 0 Å². The highest BCUT2D eigenvalue weighted by molar-refractivity contribution is 5.91. The lowest BCUT2D eigenvalue weighted by Gasteiger charge is -2.36. The van der Waals surface area contributed by atoms with Gasteiger partial charge in [0.15, 0.2) is 0 Å². The van der Waals surface area contributed by atoms with Crippen LogP contribution in [-0.2, 0) is 0 Å². The molecule has 1 fully saturated rings. The van der Waals surface area contributed by atoms with Gasteiger partial charge in [0, 0.05) is 31.6 Å². The van der Waals surface area contributed by atoms with Gasteiger partial charge in [0.2, 0.25) is 0 Å². The number of nitrogens with one attached hydrogen (secondary N) is 1. The Morgan fingerprint density at radius 2 is 1.57 bits per heavy atom. The molecule has 0 amide bonds. The molecular weight excluding hydrogens is 393 g/mol. The van der Waals surface area contributed by atoms with Crippen molar-refractivity contribution in [2.75, 3.05) is 33.3 Å². The third-order valence-corrected chi connectivity index (χ3v) is 5.38. The van der Waals surface area contributed by atoms with Gasteiger partial charge in [-0.25, -0.2) is 0 Å². The van der Waals surface area contributed by atoms with E-state index in [1.807, 2.05) is 30.3 Å². The van der Waals surface area contributed by atoms with Crippen molar-refractivity contribution in [3.63, 3.8) is 0 Å². The fourth-order valence-electron chi connectivity index (χ4n) is 4.09. The van der Waals surface area contributed by atoms with Gasteiger partial charge in [0.25, 0.3) is 0 Å². The van der Waals surface area contributed by atoms with E-state index in [0.29, 0.717) is 0 Å². The maximum Gasteiger partial charge on any atom is 0.573 e. The Hall–Kier alpha value is -2.77. The van der Waals surface area contributed by atoms with Gasteiger partial charge < -0.3 is 14.8 Å². The van der Waals surface area contributed by atoms with Crippen molar-refractivity contribution in [2.45, 2.75) is 12.4 Å². The summed E-state index contributed by atoms with van der Waals surface area (Å²) in [6.45, 7) is 3.40. The molecular formula is C23H23F3N2O2. The maximum absolute atomic E-state index is 12.6. The highest BCUT2D eigenvalue weighted by Gasteiger charge is 2.31. The van der Waals surface area contributed by atoms with E-state index in [4.69, 9.17) is 4.74 Å². The molecule has 0 unspecified atom stereocenters. The summed E-state index contributed by atoms with van der Waals surface area (Å²) in [5.74, 6) is 0.576. The van der Waals surface area contributed by atoms with Gasteiger partial charge in [-0.1, -0.05) is 42.5 Å². The molecule has 158 valence electrons. The van der Waals surface area contributed by atoms with Crippen molar-refractivity contribution >= 4 is 10.8 Å². The zero-order valence-corrected chi connectivity index (χ0v) is 16.6. The Balaban J connectivity index is 1.79. The van der Waals surface area contributed by atoms with Gasteiger partial charge in [-0.3, -0.25) is 4.90 Å². The SMILES string of the molecule is COc1ccc([C@H](c2ccc(OC(F)(F)F)cc2)N2CCNCC2)c2ccccc12. The molecule has 1 saturated heterocycles. The molecule has 0 bridgehead atoms. The quantitative estimate of drug-likeness (QED) is 0.651. The first-order chi connectivity index (χ1) is 14.5. The van der Waals surface area contributed by atoms with Crippen LogP contribution in [0.1, 0.15) is 17.2 Å². The molecule has 0 saturated carbocycles. The number of fused-ring (bicyclic) bond motifs is 1. The number of alkyl halides is 3. The lowest BCUT2D eigenvalue weighted by Crippen LogP contribution is -2.45. The van der Waals surface area contributed by atoms with Gasteiger partial charge >= 0.3 is 6.36 Å². The molecule has 3 aromatic carbocycles. The number of halogens is 3. The minimum absolute atomic E-state index is 0.0946.